The zero-order chi connectivity index (χ0) is 15.3. The summed E-state index contributed by atoms with van der Waals surface area (Å²) in [5.41, 5.74) is 9.05. The first-order valence-electron chi connectivity index (χ1n) is 8.09. The first-order chi connectivity index (χ1) is 10.7. The summed E-state index contributed by atoms with van der Waals surface area (Å²) in [6.07, 6.45) is 6.10. The highest BCUT2D eigenvalue weighted by Crippen LogP contribution is 2.39. The minimum Gasteiger partial charge on any atom is -0.349 e. The van der Waals surface area contributed by atoms with Crippen LogP contribution in [0.25, 0.3) is 0 Å². The first kappa shape index (κ1) is 13.6. The smallest absolute Gasteiger partial charge is 0.156 e. The zero-order valence-electron chi connectivity index (χ0n) is 12.9. The summed E-state index contributed by atoms with van der Waals surface area (Å²) in [6.45, 7) is 0. The Morgan fingerprint density at radius 1 is 1.23 bits per heavy atom. The number of fused-ring (bicyclic) bond motifs is 3. The number of hydrogen-bond acceptors (Lipinski definition) is 5. The van der Waals surface area contributed by atoms with E-state index in [9.17, 15) is 0 Å². The molecule has 0 radical (unpaired) electrons. The highest BCUT2D eigenvalue weighted by Gasteiger charge is 2.41. The van der Waals surface area contributed by atoms with E-state index in [4.69, 9.17) is 16.1 Å². The van der Waals surface area contributed by atoms with Crippen molar-refractivity contribution in [3.05, 3.63) is 34.9 Å². The molecule has 4 rings (SSSR count). The molecule has 3 aliphatic rings. The van der Waals surface area contributed by atoms with Gasteiger partial charge in [-0.15, -0.1) is 0 Å². The molecule has 3 atom stereocenters. The van der Waals surface area contributed by atoms with Gasteiger partial charge in [0.15, 0.2) is 5.84 Å². The molecular weight excluding hydrogens is 274 g/mol. The molecule has 3 aliphatic heterocycles. The van der Waals surface area contributed by atoms with Crippen molar-refractivity contribution < 1.29 is 0 Å². The molecule has 0 aliphatic carbocycles. The average Bonchev–Trinajstić information content (AvgIpc) is 2.78. The molecule has 3 heterocycles. The quantitative estimate of drug-likeness (QED) is 0.796. The fourth-order valence-corrected chi connectivity index (χ4v) is 4.20. The lowest BCUT2D eigenvalue weighted by Gasteiger charge is -2.41. The summed E-state index contributed by atoms with van der Waals surface area (Å²) >= 11 is 0. The number of nitrogens with two attached hydrogens (primary N) is 1. The average molecular weight is 295 g/mol. The predicted molar refractivity (Wildman–Crippen MR) is 84.9 cm³/mol. The number of nitrogens with zero attached hydrogens (tertiary/aromatic N) is 4. The fraction of sp³-hybridized carbons (Fsp3) is 0.529. The molecule has 0 aromatic heterocycles. The van der Waals surface area contributed by atoms with E-state index in [1.807, 2.05) is 30.3 Å². The lowest BCUT2D eigenvalue weighted by Crippen LogP contribution is -2.48. The summed E-state index contributed by atoms with van der Waals surface area (Å²) in [5, 5.41) is 15.8. The fourth-order valence-electron chi connectivity index (χ4n) is 4.20. The Bertz CT molecular complexity index is 658. The monoisotopic (exact) mass is 295 g/mol. The lowest BCUT2D eigenvalue weighted by atomic mass is 9.96. The Labute approximate surface area is 131 Å². The van der Waals surface area contributed by atoms with Crippen LogP contribution < -0.4 is 5.73 Å². The van der Waals surface area contributed by atoms with Crippen LogP contribution in [0.4, 0.5) is 0 Å². The molecule has 22 heavy (non-hydrogen) atoms. The van der Waals surface area contributed by atoms with Crippen molar-refractivity contribution in [2.45, 2.75) is 50.4 Å². The van der Waals surface area contributed by atoms with Gasteiger partial charge in [0.05, 0.1) is 11.6 Å². The maximum Gasteiger partial charge on any atom is 0.156 e. The molecule has 3 unspecified atom stereocenters. The molecule has 0 saturated carbocycles. The highest BCUT2D eigenvalue weighted by molar-refractivity contribution is 6.01. The normalized spacial score (nSPS) is 29.9. The van der Waals surface area contributed by atoms with Crippen LogP contribution in [0, 0.1) is 11.3 Å². The van der Waals surface area contributed by atoms with Gasteiger partial charge in [0.2, 0.25) is 0 Å². The van der Waals surface area contributed by atoms with E-state index in [0.717, 1.165) is 17.0 Å². The van der Waals surface area contributed by atoms with E-state index >= 15 is 0 Å². The molecule has 1 aromatic carbocycles. The van der Waals surface area contributed by atoms with Gasteiger partial charge >= 0.3 is 0 Å². The third-order valence-electron chi connectivity index (χ3n) is 5.33. The Morgan fingerprint density at radius 2 is 1.95 bits per heavy atom. The van der Waals surface area contributed by atoms with E-state index in [-0.39, 0.29) is 6.17 Å². The maximum absolute atomic E-state index is 9.15. The largest absolute Gasteiger partial charge is 0.349 e. The van der Waals surface area contributed by atoms with Crippen molar-refractivity contribution in [3.8, 4) is 6.07 Å². The van der Waals surface area contributed by atoms with E-state index in [1.54, 1.807) is 0 Å². The number of piperidine rings is 1. The Balaban J connectivity index is 1.81. The SMILES string of the molecule is CN1N=C(N2C3CCCC2CC3)c2ccc(C#N)cc2C1N. The van der Waals surface area contributed by atoms with Gasteiger partial charge in [0.25, 0.3) is 0 Å². The van der Waals surface area contributed by atoms with Gasteiger partial charge in [-0.2, -0.15) is 10.4 Å². The molecule has 2 N–H and O–H groups in total. The molecule has 114 valence electrons. The molecule has 2 bridgehead atoms. The van der Waals surface area contributed by atoms with Crippen LogP contribution in [0.2, 0.25) is 0 Å². The van der Waals surface area contributed by atoms with Crippen LogP contribution in [0.3, 0.4) is 0 Å². The second-order valence-corrected chi connectivity index (χ2v) is 6.58. The van der Waals surface area contributed by atoms with Gasteiger partial charge in [-0.3, -0.25) is 5.01 Å². The molecule has 0 spiro atoms. The highest BCUT2D eigenvalue weighted by atomic mass is 15.5. The van der Waals surface area contributed by atoms with Gasteiger partial charge in [0, 0.05) is 30.3 Å². The second kappa shape index (κ2) is 4.99. The zero-order valence-corrected chi connectivity index (χ0v) is 12.9. The van der Waals surface area contributed by atoms with Gasteiger partial charge in [-0.25, -0.2) is 0 Å². The van der Waals surface area contributed by atoms with Crippen molar-refractivity contribution in [2.24, 2.45) is 10.8 Å². The summed E-state index contributed by atoms with van der Waals surface area (Å²) in [5.74, 6) is 1.05. The second-order valence-electron chi connectivity index (χ2n) is 6.58. The van der Waals surface area contributed by atoms with Crippen LogP contribution in [0.5, 0.6) is 0 Å². The van der Waals surface area contributed by atoms with E-state index in [2.05, 4.69) is 11.0 Å². The summed E-state index contributed by atoms with van der Waals surface area (Å²) < 4.78 is 0. The summed E-state index contributed by atoms with van der Waals surface area (Å²) in [4.78, 5) is 2.52. The number of benzene rings is 1. The van der Waals surface area contributed by atoms with Gasteiger partial charge < -0.3 is 10.6 Å². The number of nitriles is 1. The number of rotatable bonds is 0. The third kappa shape index (κ3) is 1.91. The number of hydrogen-bond donors (Lipinski definition) is 1. The first-order valence-corrected chi connectivity index (χ1v) is 8.09. The maximum atomic E-state index is 9.15. The van der Waals surface area contributed by atoms with Crippen molar-refractivity contribution in [1.82, 2.24) is 9.91 Å². The number of amidine groups is 1. The molecular formula is C17H21N5. The summed E-state index contributed by atoms with van der Waals surface area (Å²) in [6, 6.07) is 9.25. The molecule has 0 amide bonds. The number of hydrazone groups is 1. The van der Waals surface area contributed by atoms with Crippen LogP contribution in [0.1, 0.15) is 55.0 Å². The lowest BCUT2D eigenvalue weighted by molar-refractivity contribution is 0.208. The predicted octanol–water partition coefficient (Wildman–Crippen LogP) is 2.14. The van der Waals surface area contributed by atoms with Gasteiger partial charge in [-0.05, 0) is 50.3 Å². The topological polar surface area (TPSA) is 68.6 Å². The third-order valence-corrected chi connectivity index (χ3v) is 5.33. The molecule has 5 nitrogen and oxygen atoms in total. The molecule has 2 saturated heterocycles. The minimum atomic E-state index is -0.283. The molecule has 1 aromatic rings. The Morgan fingerprint density at radius 3 is 2.64 bits per heavy atom. The van der Waals surface area contributed by atoms with E-state index in [1.165, 1.54) is 32.1 Å². The van der Waals surface area contributed by atoms with E-state index in [0.29, 0.717) is 17.6 Å². The van der Waals surface area contributed by atoms with Crippen molar-refractivity contribution >= 4 is 5.84 Å². The Hall–Kier alpha value is -2.06. The van der Waals surface area contributed by atoms with Crippen molar-refractivity contribution in [3.63, 3.8) is 0 Å². The molecule has 5 heteroatoms. The standard InChI is InChI=1S/C17H21N5/c1-21-16(19)15-9-11(10-18)5-8-14(15)17(20-21)22-12-3-2-4-13(22)7-6-12/h5,8-9,12-13,16H,2-4,6-7,19H2,1H3. The minimum absolute atomic E-state index is 0.283. The van der Waals surface area contributed by atoms with Crippen LogP contribution in [0.15, 0.2) is 23.3 Å². The van der Waals surface area contributed by atoms with Crippen molar-refractivity contribution in [1.29, 1.82) is 5.26 Å². The van der Waals surface area contributed by atoms with Crippen LogP contribution in [-0.4, -0.2) is 34.9 Å². The van der Waals surface area contributed by atoms with E-state index < -0.39 is 0 Å². The van der Waals surface area contributed by atoms with Crippen LogP contribution in [-0.2, 0) is 0 Å². The van der Waals surface area contributed by atoms with Gasteiger partial charge in [-0.1, -0.05) is 0 Å². The Kier molecular flexibility index (Phi) is 3.08. The molecule has 2 fully saturated rings. The van der Waals surface area contributed by atoms with Crippen molar-refractivity contribution in [2.75, 3.05) is 7.05 Å². The summed E-state index contributed by atoms with van der Waals surface area (Å²) in [7, 11) is 1.92. The van der Waals surface area contributed by atoms with Crippen LogP contribution >= 0.6 is 0 Å². The van der Waals surface area contributed by atoms with Gasteiger partial charge in [0.1, 0.15) is 6.17 Å².